The molecule has 4 rings (SSSR count). The van der Waals surface area contributed by atoms with Crippen LogP contribution in [0.25, 0.3) is 22.4 Å². The zero-order valence-electron chi connectivity index (χ0n) is 16.7. The number of furan rings is 1. The van der Waals surface area contributed by atoms with Crippen LogP contribution in [0.2, 0.25) is 0 Å². The van der Waals surface area contributed by atoms with Gasteiger partial charge in [-0.25, -0.2) is 9.78 Å². The fourth-order valence-electron chi connectivity index (χ4n) is 3.75. The number of fused-ring (bicyclic) bond motifs is 1. The number of aromatic nitrogens is 1. The zero-order valence-corrected chi connectivity index (χ0v) is 16.7. The zero-order chi connectivity index (χ0) is 20.4. The molecular formula is C23H24N2O4. The van der Waals surface area contributed by atoms with Crippen molar-refractivity contribution in [2.24, 2.45) is 5.92 Å². The van der Waals surface area contributed by atoms with Crippen molar-refractivity contribution in [2.75, 3.05) is 19.7 Å². The van der Waals surface area contributed by atoms with Gasteiger partial charge in [-0.1, -0.05) is 25.1 Å². The molecule has 6 heteroatoms. The third-order valence-electron chi connectivity index (χ3n) is 5.27. The molecule has 6 nitrogen and oxygen atoms in total. The molecule has 0 N–H and O–H groups in total. The first-order chi connectivity index (χ1) is 14.0. The van der Waals surface area contributed by atoms with E-state index in [0.29, 0.717) is 33.8 Å². The van der Waals surface area contributed by atoms with Gasteiger partial charge >= 0.3 is 5.97 Å². The molecule has 3 aromatic rings. The molecule has 1 saturated heterocycles. The SMILES string of the molecule is Cc1ccc(-c2cc(C(=O)OCC(=O)N3CCC[C@H](C)C3)c3ccccc3n2)o1. The Kier molecular flexibility index (Phi) is 5.34. The van der Waals surface area contributed by atoms with Crippen molar-refractivity contribution in [1.29, 1.82) is 0 Å². The van der Waals surface area contributed by atoms with E-state index in [1.165, 1.54) is 0 Å². The predicted molar refractivity (Wildman–Crippen MR) is 109 cm³/mol. The summed E-state index contributed by atoms with van der Waals surface area (Å²) in [6.45, 7) is 5.17. The Balaban J connectivity index is 1.57. The van der Waals surface area contributed by atoms with Gasteiger partial charge in [-0.05, 0) is 49.9 Å². The summed E-state index contributed by atoms with van der Waals surface area (Å²) < 4.78 is 11.1. The number of nitrogens with zero attached hydrogens (tertiary/aromatic N) is 2. The molecule has 0 aliphatic carbocycles. The number of pyridine rings is 1. The third kappa shape index (κ3) is 4.16. The maximum absolute atomic E-state index is 12.8. The number of carbonyl (C=O) groups excluding carboxylic acids is 2. The van der Waals surface area contributed by atoms with Crippen molar-refractivity contribution in [3.05, 3.63) is 53.8 Å². The lowest BCUT2D eigenvalue weighted by molar-refractivity contribution is -0.136. The number of ether oxygens (including phenoxy) is 1. The van der Waals surface area contributed by atoms with Crippen LogP contribution in [0.5, 0.6) is 0 Å². The van der Waals surface area contributed by atoms with Crippen LogP contribution in [0.3, 0.4) is 0 Å². The summed E-state index contributed by atoms with van der Waals surface area (Å²) in [5, 5.41) is 0.684. The molecule has 0 unspecified atom stereocenters. The first kappa shape index (κ1) is 19.2. The molecule has 29 heavy (non-hydrogen) atoms. The molecule has 1 amide bonds. The van der Waals surface area contributed by atoms with Gasteiger partial charge in [0.15, 0.2) is 12.4 Å². The summed E-state index contributed by atoms with van der Waals surface area (Å²) in [5.74, 6) is 1.14. The highest BCUT2D eigenvalue weighted by Crippen LogP contribution is 2.26. The van der Waals surface area contributed by atoms with E-state index in [2.05, 4.69) is 11.9 Å². The Bertz CT molecular complexity index is 1060. The van der Waals surface area contributed by atoms with Crippen LogP contribution in [-0.2, 0) is 9.53 Å². The van der Waals surface area contributed by atoms with E-state index in [0.717, 1.165) is 31.7 Å². The highest BCUT2D eigenvalue weighted by atomic mass is 16.5. The number of hydrogen-bond donors (Lipinski definition) is 0. The Morgan fingerprint density at radius 2 is 2.07 bits per heavy atom. The number of benzene rings is 1. The van der Waals surface area contributed by atoms with Crippen LogP contribution in [0.1, 0.15) is 35.9 Å². The molecule has 150 valence electrons. The van der Waals surface area contributed by atoms with E-state index in [9.17, 15) is 9.59 Å². The maximum Gasteiger partial charge on any atom is 0.339 e. The van der Waals surface area contributed by atoms with Gasteiger partial charge in [0.2, 0.25) is 0 Å². The number of carbonyl (C=O) groups is 2. The Hall–Kier alpha value is -3.15. The fraction of sp³-hybridized carbons (Fsp3) is 0.348. The van der Waals surface area contributed by atoms with E-state index < -0.39 is 5.97 Å². The number of likely N-dealkylation sites (tertiary alicyclic amines) is 1. The Morgan fingerprint density at radius 3 is 2.83 bits per heavy atom. The van der Waals surface area contributed by atoms with Gasteiger partial charge in [-0.3, -0.25) is 4.79 Å². The van der Waals surface area contributed by atoms with Crippen molar-refractivity contribution >= 4 is 22.8 Å². The van der Waals surface area contributed by atoms with E-state index >= 15 is 0 Å². The average molecular weight is 392 g/mol. The second kappa shape index (κ2) is 8.07. The van der Waals surface area contributed by atoms with Crippen molar-refractivity contribution in [3.8, 4) is 11.5 Å². The summed E-state index contributed by atoms with van der Waals surface area (Å²) in [4.78, 5) is 31.7. The topological polar surface area (TPSA) is 72.6 Å². The van der Waals surface area contributed by atoms with Gasteiger partial charge in [0.05, 0.1) is 11.1 Å². The van der Waals surface area contributed by atoms with Crippen molar-refractivity contribution in [2.45, 2.75) is 26.7 Å². The van der Waals surface area contributed by atoms with Gasteiger partial charge in [0, 0.05) is 18.5 Å². The lowest BCUT2D eigenvalue weighted by Gasteiger charge is -2.30. The van der Waals surface area contributed by atoms with Crippen LogP contribution in [0.15, 0.2) is 46.9 Å². The van der Waals surface area contributed by atoms with E-state index in [-0.39, 0.29) is 12.5 Å². The fourth-order valence-corrected chi connectivity index (χ4v) is 3.75. The summed E-state index contributed by atoms with van der Waals surface area (Å²) in [7, 11) is 0. The lowest BCUT2D eigenvalue weighted by atomic mass is 10.0. The van der Waals surface area contributed by atoms with Crippen LogP contribution in [-0.4, -0.2) is 41.5 Å². The van der Waals surface area contributed by atoms with Crippen LogP contribution < -0.4 is 0 Å². The molecule has 1 aliphatic heterocycles. The molecule has 2 aromatic heterocycles. The van der Waals surface area contributed by atoms with Gasteiger partial charge in [-0.2, -0.15) is 0 Å². The second-order valence-corrected chi connectivity index (χ2v) is 7.65. The molecular weight excluding hydrogens is 368 g/mol. The number of amides is 1. The summed E-state index contributed by atoms with van der Waals surface area (Å²) >= 11 is 0. The van der Waals surface area contributed by atoms with Crippen molar-refractivity contribution in [1.82, 2.24) is 9.88 Å². The second-order valence-electron chi connectivity index (χ2n) is 7.65. The minimum atomic E-state index is -0.536. The molecule has 1 atom stereocenters. The standard InChI is InChI=1S/C23H24N2O4/c1-15-6-5-11-25(13-15)22(26)14-28-23(27)18-12-20(21-10-9-16(2)29-21)24-19-8-4-3-7-17(18)19/h3-4,7-10,12,15H,5-6,11,13-14H2,1-2H3/t15-/m0/s1. The molecule has 1 fully saturated rings. The predicted octanol–water partition coefficient (Wildman–Crippen LogP) is 4.22. The first-order valence-corrected chi connectivity index (χ1v) is 9.93. The van der Waals surface area contributed by atoms with Gasteiger partial charge in [0.1, 0.15) is 11.5 Å². The van der Waals surface area contributed by atoms with Crippen molar-refractivity contribution < 1.29 is 18.7 Å². The minimum absolute atomic E-state index is 0.148. The average Bonchev–Trinajstić information content (AvgIpc) is 3.17. The van der Waals surface area contributed by atoms with Gasteiger partial charge in [0.25, 0.3) is 5.91 Å². The van der Waals surface area contributed by atoms with E-state index in [1.54, 1.807) is 11.0 Å². The Labute approximate surface area is 169 Å². The Morgan fingerprint density at radius 1 is 1.24 bits per heavy atom. The highest BCUT2D eigenvalue weighted by Gasteiger charge is 2.23. The lowest BCUT2D eigenvalue weighted by Crippen LogP contribution is -2.41. The minimum Gasteiger partial charge on any atom is -0.460 e. The number of piperidine rings is 1. The maximum atomic E-state index is 12.8. The summed E-state index contributed by atoms with van der Waals surface area (Å²) in [6.07, 6.45) is 2.11. The van der Waals surface area contributed by atoms with E-state index in [4.69, 9.17) is 9.15 Å². The summed E-state index contributed by atoms with van der Waals surface area (Å²) in [5.41, 5.74) is 1.60. The smallest absolute Gasteiger partial charge is 0.339 e. The largest absolute Gasteiger partial charge is 0.460 e. The summed E-state index contributed by atoms with van der Waals surface area (Å²) in [6, 6.07) is 12.7. The quantitative estimate of drug-likeness (QED) is 0.622. The molecule has 1 aliphatic rings. The first-order valence-electron chi connectivity index (χ1n) is 9.93. The van der Waals surface area contributed by atoms with Crippen LogP contribution >= 0.6 is 0 Å². The van der Waals surface area contributed by atoms with Gasteiger partial charge < -0.3 is 14.1 Å². The van der Waals surface area contributed by atoms with Crippen LogP contribution in [0, 0.1) is 12.8 Å². The number of para-hydroxylation sites is 1. The molecule has 0 radical (unpaired) electrons. The molecule has 1 aromatic carbocycles. The molecule has 0 bridgehead atoms. The van der Waals surface area contributed by atoms with E-state index in [1.807, 2.05) is 43.3 Å². The molecule has 0 saturated carbocycles. The van der Waals surface area contributed by atoms with Crippen molar-refractivity contribution in [3.63, 3.8) is 0 Å². The number of aryl methyl sites for hydroxylation is 1. The highest BCUT2D eigenvalue weighted by molar-refractivity contribution is 6.05. The third-order valence-corrected chi connectivity index (χ3v) is 5.27. The number of esters is 1. The normalized spacial score (nSPS) is 16.8. The molecule has 3 heterocycles. The van der Waals surface area contributed by atoms with Gasteiger partial charge in [-0.15, -0.1) is 0 Å². The van der Waals surface area contributed by atoms with Crippen LogP contribution in [0.4, 0.5) is 0 Å². The monoisotopic (exact) mass is 392 g/mol. The molecule has 0 spiro atoms. The number of hydrogen-bond acceptors (Lipinski definition) is 5. The number of rotatable bonds is 4.